The second kappa shape index (κ2) is 8.99. The highest BCUT2D eigenvalue weighted by Crippen LogP contribution is 2.25. The van der Waals surface area contributed by atoms with Crippen molar-refractivity contribution in [3.63, 3.8) is 0 Å². The summed E-state index contributed by atoms with van der Waals surface area (Å²) < 4.78 is 4.99. The van der Waals surface area contributed by atoms with Gasteiger partial charge in [-0.15, -0.1) is 11.3 Å². The third-order valence-corrected chi connectivity index (χ3v) is 5.03. The van der Waals surface area contributed by atoms with E-state index in [1.165, 1.54) is 11.3 Å². The number of esters is 1. The molecule has 0 aliphatic carbocycles. The molecule has 0 aliphatic rings. The maximum Gasteiger partial charge on any atom is 0.310 e. The first kappa shape index (κ1) is 19.4. The number of hydrogen-bond donors (Lipinski definition) is 1. The van der Waals surface area contributed by atoms with Gasteiger partial charge in [0, 0.05) is 26.6 Å². The van der Waals surface area contributed by atoms with Crippen LogP contribution in [0, 0.1) is 0 Å². The van der Waals surface area contributed by atoms with Gasteiger partial charge in [-0.3, -0.25) is 14.9 Å². The van der Waals surface area contributed by atoms with E-state index in [2.05, 4.69) is 10.3 Å². The van der Waals surface area contributed by atoms with E-state index in [4.69, 9.17) is 27.9 Å². The number of nitrogens with one attached hydrogen (secondary N) is 1. The average molecular weight is 421 g/mol. The molecule has 3 rings (SSSR count). The Hall–Kier alpha value is -2.41. The number of thiazole rings is 1. The van der Waals surface area contributed by atoms with Gasteiger partial charge in [0.2, 0.25) is 0 Å². The van der Waals surface area contributed by atoms with Crippen LogP contribution >= 0.6 is 34.5 Å². The van der Waals surface area contributed by atoms with Crippen LogP contribution in [0.1, 0.15) is 5.56 Å². The van der Waals surface area contributed by atoms with Crippen molar-refractivity contribution in [3.8, 4) is 11.3 Å². The molecule has 0 saturated carbocycles. The summed E-state index contributed by atoms with van der Waals surface area (Å²) >= 11 is 13.3. The lowest BCUT2D eigenvalue weighted by Gasteiger charge is -2.07. The fourth-order valence-electron chi connectivity index (χ4n) is 2.27. The molecule has 2 aromatic carbocycles. The molecule has 27 heavy (non-hydrogen) atoms. The van der Waals surface area contributed by atoms with E-state index in [1.807, 2.05) is 35.7 Å². The number of nitrogens with zero attached hydrogens (tertiary/aromatic N) is 1. The van der Waals surface area contributed by atoms with Crippen LogP contribution in [-0.4, -0.2) is 23.5 Å². The number of amides is 1. The molecule has 1 amide bonds. The van der Waals surface area contributed by atoms with Gasteiger partial charge < -0.3 is 4.74 Å². The van der Waals surface area contributed by atoms with Crippen molar-refractivity contribution >= 4 is 51.5 Å². The minimum Gasteiger partial charge on any atom is -0.455 e. The Morgan fingerprint density at radius 3 is 2.44 bits per heavy atom. The molecule has 138 valence electrons. The van der Waals surface area contributed by atoms with Crippen LogP contribution in [0.5, 0.6) is 0 Å². The first-order valence-electron chi connectivity index (χ1n) is 7.92. The van der Waals surface area contributed by atoms with Gasteiger partial charge in [0.1, 0.15) is 0 Å². The molecule has 0 atom stereocenters. The van der Waals surface area contributed by atoms with Gasteiger partial charge in [0.15, 0.2) is 11.7 Å². The van der Waals surface area contributed by atoms with E-state index in [9.17, 15) is 9.59 Å². The minimum absolute atomic E-state index is 0.110. The Balaban J connectivity index is 1.51. The number of carbonyl (C=O) groups is 2. The van der Waals surface area contributed by atoms with Crippen molar-refractivity contribution in [1.82, 2.24) is 4.98 Å². The summed E-state index contributed by atoms with van der Waals surface area (Å²) in [6, 6.07) is 14.6. The topological polar surface area (TPSA) is 68.3 Å². The van der Waals surface area contributed by atoms with Gasteiger partial charge in [-0.25, -0.2) is 4.98 Å². The van der Waals surface area contributed by atoms with Crippen LogP contribution in [0.3, 0.4) is 0 Å². The second-order valence-corrected chi connectivity index (χ2v) is 7.16. The second-order valence-electron chi connectivity index (χ2n) is 5.49. The molecule has 0 spiro atoms. The van der Waals surface area contributed by atoms with E-state index in [0.29, 0.717) is 20.7 Å². The first-order valence-corrected chi connectivity index (χ1v) is 9.56. The summed E-state index contributed by atoms with van der Waals surface area (Å²) in [5.41, 5.74) is 2.19. The zero-order valence-corrected chi connectivity index (χ0v) is 16.3. The number of benzene rings is 2. The number of aromatic nitrogens is 1. The van der Waals surface area contributed by atoms with Crippen LogP contribution < -0.4 is 5.32 Å². The van der Waals surface area contributed by atoms with Crippen LogP contribution in [0.4, 0.5) is 5.13 Å². The molecule has 0 radical (unpaired) electrons. The maximum atomic E-state index is 12.0. The van der Waals surface area contributed by atoms with Crippen molar-refractivity contribution in [2.45, 2.75) is 6.42 Å². The summed E-state index contributed by atoms with van der Waals surface area (Å²) in [6.07, 6.45) is -0.110. The van der Waals surface area contributed by atoms with Gasteiger partial charge in [0.05, 0.1) is 12.1 Å². The first-order chi connectivity index (χ1) is 13.0. The average Bonchev–Trinajstić information content (AvgIpc) is 3.12. The lowest BCUT2D eigenvalue weighted by molar-refractivity contribution is -0.146. The fraction of sp³-hybridized carbons (Fsp3) is 0.105. The van der Waals surface area contributed by atoms with Crippen molar-refractivity contribution in [1.29, 1.82) is 0 Å². The highest BCUT2D eigenvalue weighted by atomic mass is 35.5. The van der Waals surface area contributed by atoms with E-state index in [-0.39, 0.29) is 6.42 Å². The number of ether oxygens (including phenoxy) is 1. The largest absolute Gasteiger partial charge is 0.455 e. The fourth-order valence-corrected chi connectivity index (χ4v) is 3.54. The molecular formula is C19H14Cl2N2O3S. The number of carbonyl (C=O) groups excluding carboxylic acids is 2. The Morgan fingerprint density at radius 2 is 1.74 bits per heavy atom. The Morgan fingerprint density at radius 1 is 1.04 bits per heavy atom. The Labute approximate surface area is 169 Å². The van der Waals surface area contributed by atoms with E-state index < -0.39 is 18.5 Å². The van der Waals surface area contributed by atoms with Gasteiger partial charge in [-0.2, -0.15) is 0 Å². The van der Waals surface area contributed by atoms with Crippen molar-refractivity contribution < 1.29 is 14.3 Å². The van der Waals surface area contributed by atoms with Crippen molar-refractivity contribution in [2.24, 2.45) is 0 Å². The number of halogens is 2. The zero-order valence-electron chi connectivity index (χ0n) is 13.9. The molecule has 0 bridgehead atoms. The van der Waals surface area contributed by atoms with E-state index in [1.54, 1.807) is 18.2 Å². The van der Waals surface area contributed by atoms with Gasteiger partial charge >= 0.3 is 5.97 Å². The molecule has 0 aliphatic heterocycles. The maximum absolute atomic E-state index is 12.0. The van der Waals surface area contributed by atoms with Crippen molar-refractivity contribution in [2.75, 3.05) is 11.9 Å². The summed E-state index contributed by atoms with van der Waals surface area (Å²) in [5.74, 6) is -1.06. The molecule has 0 unspecified atom stereocenters. The normalized spacial score (nSPS) is 10.4. The van der Waals surface area contributed by atoms with Crippen LogP contribution in [0.2, 0.25) is 10.0 Å². The van der Waals surface area contributed by atoms with Crippen molar-refractivity contribution in [3.05, 3.63) is 69.5 Å². The third-order valence-electron chi connectivity index (χ3n) is 3.57. The SMILES string of the molecule is O=C(COC(=O)Cc1c(Cl)cccc1Cl)Nc1nc(-c2ccccc2)cs1. The highest BCUT2D eigenvalue weighted by Gasteiger charge is 2.14. The number of anilines is 1. The summed E-state index contributed by atoms with van der Waals surface area (Å²) in [7, 11) is 0. The third kappa shape index (κ3) is 5.29. The smallest absolute Gasteiger partial charge is 0.310 e. The quantitative estimate of drug-likeness (QED) is 0.579. The van der Waals surface area contributed by atoms with Crippen LogP contribution in [0.25, 0.3) is 11.3 Å². The van der Waals surface area contributed by atoms with Gasteiger partial charge in [-0.1, -0.05) is 59.6 Å². The van der Waals surface area contributed by atoms with Gasteiger partial charge in [-0.05, 0) is 12.1 Å². The monoisotopic (exact) mass is 420 g/mol. The van der Waals surface area contributed by atoms with E-state index in [0.717, 1.165) is 11.3 Å². The van der Waals surface area contributed by atoms with Crippen LogP contribution in [-0.2, 0) is 20.7 Å². The Kier molecular flexibility index (Phi) is 6.45. The number of hydrogen-bond acceptors (Lipinski definition) is 5. The molecule has 0 saturated heterocycles. The Bertz CT molecular complexity index is 940. The van der Waals surface area contributed by atoms with Gasteiger partial charge in [0.25, 0.3) is 5.91 Å². The molecule has 1 heterocycles. The standard InChI is InChI=1S/C19H14Cl2N2O3S/c20-14-7-4-8-15(21)13(14)9-18(25)26-10-17(24)23-19-22-16(11-27-19)12-5-2-1-3-6-12/h1-8,11H,9-10H2,(H,22,23,24). The lowest BCUT2D eigenvalue weighted by Crippen LogP contribution is -2.21. The molecule has 3 aromatic rings. The number of rotatable bonds is 6. The lowest BCUT2D eigenvalue weighted by atomic mass is 10.1. The highest BCUT2D eigenvalue weighted by molar-refractivity contribution is 7.14. The molecule has 1 N–H and O–H groups in total. The molecule has 5 nitrogen and oxygen atoms in total. The van der Waals surface area contributed by atoms with Crippen LogP contribution in [0.15, 0.2) is 53.9 Å². The molecule has 1 aromatic heterocycles. The minimum atomic E-state index is -0.593. The molecule has 8 heteroatoms. The predicted molar refractivity (Wildman–Crippen MR) is 107 cm³/mol. The predicted octanol–water partition coefficient (Wildman–Crippen LogP) is 4.84. The summed E-state index contributed by atoms with van der Waals surface area (Å²) in [5, 5.41) is 5.64. The zero-order chi connectivity index (χ0) is 19.2. The van der Waals surface area contributed by atoms with E-state index >= 15 is 0 Å². The molecular weight excluding hydrogens is 407 g/mol. The summed E-state index contributed by atoms with van der Waals surface area (Å²) in [4.78, 5) is 28.3. The molecule has 0 fully saturated rings. The summed E-state index contributed by atoms with van der Waals surface area (Å²) in [6.45, 7) is -0.416.